The van der Waals surface area contributed by atoms with Crippen LogP contribution in [0.2, 0.25) is 0 Å². The standard InChI is InChI=1S/C13H19NO/c1-2-3-4-7-13(15)9-8-12-6-5-10-14-11-12/h2,5-6,10-11,13,15H,1,3-4,7-9H2. The maximum absolute atomic E-state index is 9.68. The summed E-state index contributed by atoms with van der Waals surface area (Å²) in [5.74, 6) is 0. The van der Waals surface area contributed by atoms with Crippen LogP contribution in [-0.4, -0.2) is 16.2 Å². The highest BCUT2D eigenvalue weighted by molar-refractivity contribution is 5.08. The Hall–Kier alpha value is -1.15. The summed E-state index contributed by atoms with van der Waals surface area (Å²) >= 11 is 0. The van der Waals surface area contributed by atoms with Crippen molar-refractivity contribution in [2.75, 3.05) is 0 Å². The Labute approximate surface area is 91.7 Å². The minimum absolute atomic E-state index is 0.190. The quantitative estimate of drug-likeness (QED) is 0.548. The van der Waals surface area contributed by atoms with Gasteiger partial charge < -0.3 is 5.11 Å². The Balaban J connectivity index is 2.16. The van der Waals surface area contributed by atoms with Crippen molar-refractivity contribution in [1.82, 2.24) is 4.98 Å². The number of allylic oxidation sites excluding steroid dienone is 1. The fourth-order valence-corrected chi connectivity index (χ4v) is 1.52. The third kappa shape index (κ3) is 5.33. The van der Waals surface area contributed by atoms with Crippen LogP contribution in [0.4, 0.5) is 0 Å². The number of rotatable bonds is 7. The highest BCUT2D eigenvalue weighted by atomic mass is 16.3. The smallest absolute Gasteiger partial charge is 0.0543 e. The summed E-state index contributed by atoms with van der Waals surface area (Å²) in [6, 6.07) is 3.98. The molecule has 2 heteroatoms. The molecular formula is C13H19NO. The number of pyridine rings is 1. The summed E-state index contributed by atoms with van der Waals surface area (Å²) in [5.41, 5.74) is 1.19. The lowest BCUT2D eigenvalue weighted by Crippen LogP contribution is -2.07. The van der Waals surface area contributed by atoms with E-state index < -0.39 is 0 Å². The summed E-state index contributed by atoms with van der Waals surface area (Å²) in [5, 5.41) is 9.68. The van der Waals surface area contributed by atoms with E-state index in [0.29, 0.717) is 0 Å². The molecule has 0 amide bonds. The van der Waals surface area contributed by atoms with Gasteiger partial charge in [0.2, 0.25) is 0 Å². The van der Waals surface area contributed by atoms with Crippen LogP contribution in [0, 0.1) is 0 Å². The minimum atomic E-state index is -0.190. The van der Waals surface area contributed by atoms with Crippen molar-refractivity contribution in [2.24, 2.45) is 0 Å². The monoisotopic (exact) mass is 205 g/mol. The molecule has 0 aliphatic carbocycles. The van der Waals surface area contributed by atoms with E-state index in [-0.39, 0.29) is 6.10 Å². The first kappa shape index (κ1) is 11.9. The molecule has 1 aromatic heterocycles. The number of hydrogen-bond acceptors (Lipinski definition) is 2. The Morgan fingerprint density at radius 2 is 2.33 bits per heavy atom. The molecule has 0 aliphatic rings. The second kappa shape index (κ2) is 7.18. The molecule has 0 saturated heterocycles. The number of hydrogen-bond donors (Lipinski definition) is 1. The molecule has 0 bridgehead atoms. The van der Waals surface area contributed by atoms with Crippen molar-refractivity contribution in [2.45, 2.75) is 38.2 Å². The number of aliphatic hydroxyl groups is 1. The SMILES string of the molecule is C=CCCCC(O)CCc1cccnc1. The third-order valence-corrected chi connectivity index (χ3v) is 2.43. The zero-order valence-electron chi connectivity index (χ0n) is 9.10. The van der Waals surface area contributed by atoms with Crippen LogP contribution in [0.3, 0.4) is 0 Å². The Bertz CT molecular complexity index is 271. The lowest BCUT2D eigenvalue weighted by molar-refractivity contribution is 0.152. The third-order valence-electron chi connectivity index (χ3n) is 2.43. The number of aliphatic hydroxyl groups excluding tert-OH is 1. The molecule has 1 heterocycles. The van der Waals surface area contributed by atoms with Crippen molar-refractivity contribution in [3.63, 3.8) is 0 Å². The predicted molar refractivity (Wildman–Crippen MR) is 62.6 cm³/mol. The van der Waals surface area contributed by atoms with Crippen molar-refractivity contribution in [3.8, 4) is 0 Å². The van der Waals surface area contributed by atoms with Crippen LogP contribution in [0.15, 0.2) is 37.2 Å². The summed E-state index contributed by atoms with van der Waals surface area (Å²) in [6.45, 7) is 3.66. The van der Waals surface area contributed by atoms with Gasteiger partial charge in [-0.15, -0.1) is 6.58 Å². The fraction of sp³-hybridized carbons (Fsp3) is 0.462. The molecule has 0 saturated carbocycles. The van der Waals surface area contributed by atoms with Crippen molar-refractivity contribution in [1.29, 1.82) is 0 Å². The number of aryl methyl sites for hydroxylation is 1. The molecule has 0 spiro atoms. The van der Waals surface area contributed by atoms with Gasteiger partial charge in [0.05, 0.1) is 6.10 Å². The van der Waals surface area contributed by atoms with Gasteiger partial charge in [0.15, 0.2) is 0 Å². The molecule has 0 fully saturated rings. The molecule has 0 radical (unpaired) electrons. The van der Waals surface area contributed by atoms with Gasteiger partial charge in [-0.2, -0.15) is 0 Å². The first-order valence-corrected chi connectivity index (χ1v) is 5.51. The predicted octanol–water partition coefficient (Wildman–Crippen LogP) is 2.73. The maximum Gasteiger partial charge on any atom is 0.0543 e. The van der Waals surface area contributed by atoms with Crippen LogP contribution in [0.25, 0.3) is 0 Å². The van der Waals surface area contributed by atoms with E-state index in [9.17, 15) is 5.11 Å². The molecule has 1 unspecified atom stereocenters. The molecule has 15 heavy (non-hydrogen) atoms. The van der Waals surface area contributed by atoms with Gasteiger partial charge >= 0.3 is 0 Å². The van der Waals surface area contributed by atoms with E-state index in [1.807, 2.05) is 24.4 Å². The zero-order valence-corrected chi connectivity index (χ0v) is 9.10. The zero-order chi connectivity index (χ0) is 10.9. The largest absolute Gasteiger partial charge is 0.393 e. The van der Waals surface area contributed by atoms with Crippen LogP contribution < -0.4 is 0 Å². The number of nitrogens with zero attached hydrogens (tertiary/aromatic N) is 1. The molecule has 1 N–H and O–H groups in total. The van der Waals surface area contributed by atoms with Crippen molar-refractivity contribution < 1.29 is 5.11 Å². The number of aromatic nitrogens is 1. The maximum atomic E-state index is 9.68. The van der Waals surface area contributed by atoms with E-state index in [4.69, 9.17) is 0 Å². The molecule has 2 nitrogen and oxygen atoms in total. The molecule has 1 rings (SSSR count). The number of unbranched alkanes of at least 4 members (excludes halogenated alkanes) is 1. The van der Waals surface area contributed by atoms with E-state index in [2.05, 4.69) is 11.6 Å². The molecule has 1 aromatic rings. The van der Waals surface area contributed by atoms with E-state index in [1.165, 1.54) is 5.56 Å². The van der Waals surface area contributed by atoms with Crippen molar-refractivity contribution in [3.05, 3.63) is 42.7 Å². The lowest BCUT2D eigenvalue weighted by Gasteiger charge is -2.09. The first-order chi connectivity index (χ1) is 7.33. The van der Waals surface area contributed by atoms with E-state index in [1.54, 1.807) is 6.20 Å². The fourth-order valence-electron chi connectivity index (χ4n) is 1.52. The molecule has 82 valence electrons. The molecule has 1 atom stereocenters. The van der Waals surface area contributed by atoms with Crippen molar-refractivity contribution >= 4 is 0 Å². The summed E-state index contributed by atoms with van der Waals surface area (Å²) in [6.07, 6.45) is 9.94. The second-order valence-corrected chi connectivity index (χ2v) is 3.77. The van der Waals surface area contributed by atoms with Crippen LogP contribution in [0.1, 0.15) is 31.2 Å². The average Bonchev–Trinajstić information content (AvgIpc) is 2.28. The lowest BCUT2D eigenvalue weighted by atomic mass is 10.0. The molecule has 0 aromatic carbocycles. The Kier molecular flexibility index (Phi) is 5.71. The normalized spacial score (nSPS) is 12.3. The minimum Gasteiger partial charge on any atom is -0.393 e. The Morgan fingerprint density at radius 3 is 3.00 bits per heavy atom. The van der Waals surface area contributed by atoms with E-state index in [0.717, 1.165) is 32.1 Å². The van der Waals surface area contributed by atoms with Gasteiger partial charge in [-0.05, 0) is 43.7 Å². The van der Waals surface area contributed by atoms with E-state index >= 15 is 0 Å². The van der Waals surface area contributed by atoms with Crippen LogP contribution in [-0.2, 0) is 6.42 Å². The van der Waals surface area contributed by atoms with Crippen LogP contribution in [0.5, 0.6) is 0 Å². The molecular weight excluding hydrogens is 186 g/mol. The van der Waals surface area contributed by atoms with Crippen LogP contribution >= 0.6 is 0 Å². The van der Waals surface area contributed by atoms with Gasteiger partial charge in [-0.1, -0.05) is 12.1 Å². The average molecular weight is 205 g/mol. The van der Waals surface area contributed by atoms with Gasteiger partial charge in [0.25, 0.3) is 0 Å². The van der Waals surface area contributed by atoms with Gasteiger partial charge in [-0.25, -0.2) is 0 Å². The summed E-state index contributed by atoms with van der Waals surface area (Å²) < 4.78 is 0. The Morgan fingerprint density at radius 1 is 1.47 bits per heavy atom. The van der Waals surface area contributed by atoms with Gasteiger partial charge in [0.1, 0.15) is 0 Å². The summed E-state index contributed by atoms with van der Waals surface area (Å²) in [7, 11) is 0. The highest BCUT2D eigenvalue weighted by Gasteiger charge is 2.03. The van der Waals surface area contributed by atoms with Gasteiger partial charge in [-0.3, -0.25) is 4.98 Å². The first-order valence-electron chi connectivity index (χ1n) is 5.51. The molecule has 0 aliphatic heterocycles. The highest BCUT2D eigenvalue weighted by Crippen LogP contribution is 2.09. The topological polar surface area (TPSA) is 33.1 Å². The summed E-state index contributed by atoms with van der Waals surface area (Å²) in [4.78, 5) is 4.04. The van der Waals surface area contributed by atoms with Gasteiger partial charge in [0, 0.05) is 12.4 Å². The second-order valence-electron chi connectivity index (χ2n) is 3.77.